The molecular weight excluding hydrogens is 256 g/mol. The first-order chi connectivity index (χ1) is 8.62. The Morgan fingerprint density at radius 1 is 1.22 bits per heavy atom. The highest BCUT2D eigenvalue weighted by molar-refractivity contribution is 7.89. The van der Waals surface area contributed by atoms with Crippen molar-refractivity contribution >= 4 is 10.0 Å². The van der Waals surface area contributed by atoms with Crippen LogP contribution in [-0.4, -0.2) is 15.5 Å². The molecule has 7 heteroatoms. The molecule has 2 heterocycles. The van der Waals surface area contributed by atoms with Crippen LogP contribution in [0, 0.1) is 0 Å². The lowest BCUT2D eigenvalue weighted by molar-refractivity contribution is 0.400. The Bertz CT molecular complexity index is 586. The Labute approximate surface area is 105 Å². The molecule has 0 bridgehead atoms. The van der Waals surface area contributed by atoms with E-state index in [0.717, 1.165) is 5.56 Å². The average molecular weight is 270 g/mol. The van der Waals surface area contributed by atoms with E-state index in [4.69, 9.17) is 8.83 Å². The third-order valence-corrected chi connectivity index (χ3v) is 3.67. The number of furan rings is 2. The Morgan fingerprint density at radius 3 is 2.72 bits per heavy atom. The van der Waals surface area contributed by atoms with Crippen molar-refractivity contribution in [2.45, 2.75) is 18.2 Å². The van der Waals surface area contributed by atoms with Crippen LogP contribution in [0.2, 0.25) is 0 Å². The summed E-state index contributed by atoms with van der Waals surface area (Å²) in [6.07, 6.45) is 3.24. The molecule has 0 fully saturated rings. The lowest BCUT2D eigenvalue weighted by Gasteiger charge is -2.00. The number of nitrogens with one attached hydrogen (secondary N) is 2. The van der Waals surface area contributed by atoms with Crippen molar-refractivity contribution in [2.75, 3.05) is 7.05 Å². The third kappa shape index (κ3) is 3.00. The van der Waals surface area contributed by atoms with E-state index in [9.17, 15) is 8.42 Å². The van der Waals surface area contributed by atoms with Crippen LogP contribution in [0.4, 0.5) is 0 Å². The minimum atomic E-state index is -3.51. The summed E-state index contributed by atoms with van der Waals surface area (Å²) in [5.41, 5.74) is 1.02. The summed E-state index contributed by atoms with van der Waals surface area (Å²) in [4.78, 5) is 0. The first-order valence-electron chi connectivity index (χ1n) is 5.36. The highest BCUT2D eigenvalue weighted by Crippen LogP contribution is 2.13. The number of hydrogen-bond acceptors (Lipinski definition) is 5. The summed E-state index contributed by atoms with van der Waals surface area (Å²) in [7, 11) is -2.16. The largest absolute Gasteiger partial charge is 0.472 e. The van der Waals surface area contributed by atoms with E-state index < -0.39 is 10.0 Å². The smallest absolute Gasteiger partial charge is 0.273 e. The van der Waals surface area contributed by atoms with Crippen molar-refractivity contribution in [3.8, 4) is 0 Å². The minimum Gasteiger partial charge on any atom is -0.472 e. The molecule has 98 valence electrons. The molecular formula is C11H14N2O4S. The molecule has 0 amide bonds. The molecule has 18 heavy (non-hydrogen) atoms. The van der Waals surface area contributed by atoms with Gasteiger partial charge >= 0.3 is 0 Å². The van der Waals surface area contributed by atoms with Crippen LogP contribution in [0.25, 0.3) is 0 Å². The van der Waals surface area contributed by atoms with Crippen molar-refractivity contribution < 1.29 is 17.3 Å². The predicted molar refractivity (Wildman–Crippen MR) is 64.2 cm³/mol. The van der Waals surface area contributed by atoms with Gasteiger partial charge in [-0.2, -0.15) is 0 Å². The SMILES string of the molecule is CNS(=O)(=O)c1ccc(CNCc2ccoc2)o1. The second kappa shape index (κ2) is 5.38. The molecule has 2 rings (SSSR count). The highest BCUT2D eigenvalue weighted by atomic mass is 32.2. The summed E-state index contributed by atoms with van der Waals surface area (Å²) in [5, 5.41) is 3.04. The van der Waals surface area contributed by atoms with Crippen LogP contribution >= 0.6 is 0 Å². The maximum Gasteiger partial charge on any atom is 0.273 e. The first-order valence-corrected chi connectivity index (χ1v) is 6.84. The van der Waals surface area contributed by atoms with Gasteiger partial charge < -0.3 is 14.2 Å². The second-order valence-corrected chi connectivity index (χ2v) is 5.48. The third-order valence-electron chi connectivity index (χ3n) is 2.38. The Kier molecular flexibility index (Phi) is 3.85. The van der Waals surface area contributed by atoms with Gasteiger partial charge in [-0.05, 0) is 25.2 Å². The molecule has 2 aromatic heterocycles. The molecule has 0 aliphatic heterocycles. The maximum atomic E-state index is 11.4. The van der Waals surface area contributed by atoms with Crippen molar-refractivity contribution in [3.05, 3.63) is 42.0 Å². The van der Waals surface area contributed by atoms with Crippen molar-refractivity contribution in [3.63, 3.8) is 0 Å². The van der Waals surface area contributed by atoms with Crippen LogP contribution in [-0.2, 0) is 23.1 Å². The lowest BCUT2D eigenvalue weighted by Crippen LogP contribution is -2.17. The molecule has 0 atom stereocenters. The Hall–Kier alpha value is -1.57. The lowest BCUT2D eigenvalue weighted by atomic mass is 10.3. The zero-order valence-electron chi connectivity index (χ0n) is 9.84. The van der Waals surface area contributed by atoms with Crippen molar-refractivity contribution in [2.24, 2.45) is 0 Å². The van der Waals surface area contributed by atoms with Gasteiger partial charge in [0.15, 0.2) is 0 Å². The maximum absolute atomic E-state index is 11.4. The van der Waals surface area contributed by atoms with E-state index >= 15 is 0 Å². The van der Waals surface area contributed by atoms with Gasteiger partial charge in [0.05, 0.1) is 19.1 Å². The zero-order chi connectivity index (χ0) is 13.0. The van der Waals surface area contributed by atoms with E-state index in [-0.39, 0.29) is 5.09 Å². The van der Waals surface area contributed by atoms with Crippen molar-refractivity contribution in [1.29, 1.82) is 0 Å². The number of sulfonamides is 1. The van der Waals surface area contributed by atoms with Crippen LogP contribution in [0.3, 0.4) is 0 Å². The summed E-state index contributed by atoms with van der Waals surface area (Å²) >= 11 is 0. The summed E-state index contributed by atoms with van der Waals surface area (Å²) < 4.78 is 35.2. The van der Waals surface area contributed by atoms with Crippen LogP contribution < -0.4 is 10.0 Å². The monoisotopic (exact) mass is 270 g/mol. The minimum absolute atomic E-state index is 0.0786. The van der Waals surface area contributed by atoms with Gasteiger partial charge in [-0.1, -0.05) is 0 Å². The molecule has 0 aliphatic rings. The van der Waals surface area contributed by atoms with Gasteiger partial charge in [-0.15, -0.1) is 0 Å². The summed E-state index contributed by atoms with van der Waals surface area (Å²) in [6.45, 7) is 1.08. The van der Waals surface area contributed by atoms with Gasteiger partial charge in [-0.3, -0.25) is 0 Å². The molecule has 0 spiro atoms. The molecule has 2 aromatic rings. The molecule has 0 aliphatic carbocycles. The number of hydrogen-bond donors (Lipinski definition) is 2. The Morgan fingerprint density at radius 2 is 2.06 bits per heavy atom. The molecule has 2 N–H and O–H groups in total. The van der Waals surface area contributed by atoms with Crippen molar-refractivity contribution in [1.82, 2.24) is 10.0 Å². The number of rotatable bonds is 6. The summed E-state index contributed by atoms with van der Waals surface area (Å²) in [5.74, 6) is 0.562. The van der Waals surface area contributed by atoms with E-state index in [0.29, 0.717) is 18.8 Å². The van der Waals surface area contributed by atoms with Crippen LogP contribution in [0.1, 0.15) is 11.3 Å². The van der Waals surface area contributed by atoms with Gasteiger partial charge in [0.1, 0.15) is 5.76 Å². The van der Waals surface area contributed by atoms with Gasteiger partial charge in [-0.25, -0.2) is 13.1 Å². The van der Waals surface area contributed by atoms with E-state index in [1.807, 2.05) is 6.07 Å². The fraction of sp³-hybridized carbons (Fsp3) is 0.273. The van der Waals surface area contributed by atoms with Gasteiger partial charge in [0.2, 0.25) is 5.09 Å². The van der Waals surface area contributed by atoms with Crippen LogP contribution in [0.5, 0.6) is 0 Å². The topological polar surface area (TPSA) is 84.5 Å². The first kappa shape index (κ1) is 12.9. The standard InChI is InChI=1S/C11H14N2O4S/c1-12-18(14,15)11-3-2-10(17-11)7-13-6-9-4-5-16-8-9/h2-5,8,12-13H,6-7H2,1H3. The molecule has 0 saturated carbocycles. The fourth-order valence-corrected chi connectivity index (χ4v) is 2.09. The highest BCUT2D eigenvalue weighted by Gasteiger charge is 2.15. The Balaban J connectivity index is 1.91. The fourth-order valence-electron chi connectivity index (χ4n) is 1.42. The molecule has 0 radical (unpaired) electrons. The molecule has 0 aromatic carbocycles. The van der Waals surface area contributed by atoms with E-state index in [1.54, 1.807) is 18.6 Å². The van der Waals surface area contributed by atoms with Gasteiger partial charge in [0, 0.05) is 12.1 Å². The normalized spacial score (nSPS) is 11.8. The molecule has 0 saturated heterocycles. The van der Waals surface area contributed by atoms with E-state index in [2.05, 4.69) is 10.0 Å². The molecule has 0 unspecified atom stereocenters. The quantitative estimate of drug-likeness (QED) is 0.820. The van der Waals surface area contributed by atoms with Crippen LogP contribution in [0.15, 0.2) is 44.7 Å². The zero-order valence-corrected chi connectivity index (χ0v) is 10.7. The average Bonchev–Trinajstić information content (AvgIpc) is 3.00. The van der Waals surface area contributed by atoms with Gasteiger partial charge in [0.25, 0.3) is 10.0 Å². The summed E-state index contributed by atoms with van der Waals surface area (Å²) in [6, 6.07) is 4.92. The molecule has 6 nitrogen and oxygen atoms in total. The second-order valence-electron chi connectivity index (χ2n) is 3.66. The predicted octanol–water partition coefficient (Wildman–Crippen LogP) is 1.07. The van der Waals surface area contributed by atoms with E-state index in [1.165, 1.54) is 13.1 Å².